The first-order chi connectivity index (χ1) is 12.9. The summed E-state index contributed by atoms with van der Waals surface area (Å²) in [6.45, 7) is 8.49. The first-order valence-corrected chi connectivity index (χ1v) is 9.58. The fourth-order valence-corrected chi connectivity index (χ4v) is 3.31. The Balaban J connectivity index is 1.65. The van der Waals surface area contributed by atoms with Gasteiger partial charge in [-0.25, -0.2) is 4.98 Å². The van der Waals surface area contributed by atoms with E-state index >= 15 is 0 Å². The van der Waals surface area contributed by atoms with Gasteiger partial charge >= 0.3 is 0 Å². The molecule has 3 rings (SSSR count). The van der Waals surface area contributed by atoms with Gasteiger partial charge in [-0.05, 0) is 55.0 Å². The van der Waals surface area contributed by atoms with E-state index < -0.39 is 0 Å². The molecule has 1 atom stereocenters. The van der Waals surface area contributed by atoms with Crippen LogP contribution in [0.15, 0.2) is 36.7 Å². The Morgan fingerprint density at radius 1 is 1.22 bits per heavy atom. The highest BCUT2D eigenvalue weighted by atomic mass is 16.1. The first kappa shape index (κ1) is 19.1. The fraction of sp³-hybridized carbons (Fsp3) is 0.409. The molecule has 2 aromatic heterocycles. The molecule has 0 saturated carbocycles. The third kappa shape index (κ3) is 4.73. The predicted octanol–water partition coefficient (Wildman–Crippen LogP) is 4.41. The van der Waals surface area contributed by atoms with Gasteiger partial charge in [0, 0.05) is 25.2 Å². The number of rotatable bonds is 7. The minimum atomic E-state index is -0.00762. The molecule has 0 saturated heterocycles. The van der Waals surface area contributed by atoms with Crippen LogP contribution in [-0.4, -0.2) is 20.9 Å². The van der Waals surface area contributed by atoms with Crippen molar-refractivity contribution in [2.24, 2.45) is 5.92 Å². The van der Waals surface area contributed by atoms with E-state index in [4.69, 9.17) is 0 Å². The molecule has 142 valence electrons. The molecule has 0 bridgehead atoms. The third-order valence-electron chi connectivity index (χ3n) is 4.95. The Morgan fingerprint density at radius 3 is 2.74 bits per heavy atom. The van der Waals surface area contributed by atoms with E-state index in [0.717, 1.165) is 28.8 Å². The molecular formula is C22H28N4O. The molecule has 0 radical (unpaired) electrons. The molecule has 2 N–H and O–H groups in total. The standard InChI is InChI=1S/C22H28N4O/c1-14(2)12-19(17-6-5-11-23-13-17)25-21(27)10-9-20-24-18-8-7-15(3)16(4)22(18)26-20/h5-8,11,13-14,19H,9-10,12H2,1-4H3,(H,24,26)(H,25,27). The van der Waals surface area contributed by atoms with Crippen LogP contribution in [0.3, 0.4) is 0 Å². The summed E-state index contributed by atoms with van der Waals surface area (Å²) in [7, 11) is 0. The average Bonchev–Trinajstić information content (AvgIpc) is 3.07. The number of hydrogen-bond acceptors (Lipinski definition) is 3. The molecule has 0 spiro atoms. The summed E-state index contributed by atoms with van der Waals surface area (Å²) in [6.07, 6.45) is 5.48. The number of H-pyrrole nitrogens is 1. The van der Waals surface area contributed by atoms with Gasteiger partial charge in [-0.15, -0.1) is 0 Å². The molecule has 5 nitrogen and oxygen atoms in total. The lowest BCUT2D eigenvalue weighted by Crippen LogP contribution is -2.29. The van der Waals surface area contributed by atoms with Gasteiger partial charge in [0.2, 0.25) is 5.91 Å². The van der Waals surface area contributed by atoms with Gasteiger partial charge in [-0.3, -0.25) is 9.78 Å². The van der Waals surface area contributed by atoms with E-state index in [0.29, 0.717) is 18.8 Å². The maximum Gasteiger partial charge on any atom is 0.220 e. The summed E-state index contributed by atoms with van der Waals surface area (Å²) in [5, 5.41) is 3.17. The first-order valence-electron chi connectivity index (χ1n) is 9.58. The van der Waals surface area contributed by atoms with E-state index in [-0.39, 0.29) is 11.9 Å². The van der Waals surface area contributed by atoms with Gasteiger partial charge in [0.1, 0.15) is 5.82 Å². The van der Waals surface area contributed by atoms with Crippen LogP contribution in [0, 0.1) is 19.8 Å². The van der Waals surface area contributed by atoms with Crippen LogP contribution in [-0.2, 0) is 11.2 Å². The number of imidazole rings is 1. The molecule has 2 heterocycles. The zero-order valence-electron chi connectivity index (χ0n) is 16.5. The molecule has 0 fully saturated rings. The number of nitrogens with zero attached hydrogens (tertiary/aromatic N) is 2. The van der Waals surface area contributed by atoms with Gasteiger partial charge in [0.05, 0.1) is 17.1 Å². The van der Waals surface area contributed by atoms with Gasteiger partial charge in [-0.1, -0.05) is 26.0 Å². The van der Waals surface area contributed by atoms with Gasteiger partial charge in [0.25, 0.3) is 0 Å². The van der Waals surface area contributed by atoms with Crippen molar-refractivity contribution in [1.82, 2.24) is 20.3 Å². The molecule has 1 amide bonds. The molecular weight excluding hydrogens is 336 g/mol. The number of pyridine rings is 1. The minimum absolute atomic E-state index is 0.00762. The number of carbonyl (C=O) groups excluding carboxylic acids is 1. The highest BCUT2D eigenvalue weighted by Gasteiger charge is 2.17. The van der Waals surface area contributed by atoms with Crippen LogP contribution in [0.4, 0.5) is 0 Å². The van der Waals surface area contributed by atoms with Crippen LogP contribution >= 0.6 is 0 Å². The number of nitrogens with one attached hydrogen (secondary N) is 2. The second kappa shape index (κ2) is 8.33. The van der Waals surface area contributed by atoms with Crippen LogP contribution in [0.25, 0.3) is 11.0 Å². The molecule has 5 heteroatoms. The van der Waals surface area contributed by atoms with Gasteiger partial charge in [0.15, 0.2) is 0 Å². The normalized spacial score (nSPS) is 12.5. The Labute approximate surface area is 160 Å². The maximum absolute atomic E-state index is 12.5. The topological polar surface area (TPSA) is 70.7 Å². The quantitative estimate of drug-likeness (QED) is 0.652. The summed E-state index contributed by atoms with van der Waals surface area (Å²) in [5.41, 5.74) is 5.49. The largest absolute Gasteiger partial charge is 0.349 e. The zero-order valence-corrected chi connectivity index (χ0v) is 16.5. The SMILES string of the molecule is Cc1ccc2[nH]c(CCC(=O)NC(CC(C)C)c3cccnc3)nc2c1C. The fourth-order valence-electron chi connectivity index (χ4n) is 3.31. The number of hydrogen-bond donors (Lipinski definition) is 2. The summed E-state index contributed by atoms with van der Waals surface area (Å²) in [5.74, 6) is 1.38. The lowest BCUT2D eigenvalue weighted by Gasteiger charge is -2.20. The van der Waals surface area contributed by atoms with Gasteiger partial charge < -0.3 is 10.3 Å². The van der Waals surface area contributed by atoms with Crippen molar-refractivity contribution >= 4 is 16.9 Å². The van der Waals surface area contributed by atoms with Crippen molar-refractivity contribution in [3.05, 3.63) is 59.2 Å². The lowest BCUT2D eigenvalue weighted by molar-refractivity contribution is -0.121. The van der Waals surface area contributed by atoms with Crippen molar-refractivity contribution in [3.63, 3.8) is 0 Å². The molecule has 0 aliphatic rings. The second-order valence-corrected chi connectivity index (χ2v) is 7.62. The molecule has 27 heavy (non-hydrogen) atoms. The third-order valence-corrected chi connectivity index (χ3v) is 4.95. The summed E-state index contributed by atoms with van der Waals surface area (Å²) in [6, 6.07) is 8.07. The van der Waals surface area contributed by atoms with Crippen molar-refractivity contribution in [3.8, 4) is 0 Å². The van der Waals surface area contributed by atoms with E-state index in [9.17, 15) is 4.79 Å². The van der Waals surface area contributed by atoms with Crippen molar-refractivity contribution in [1.29, 1.82) is 0 Å². The van der Waals surface area contributed by atoms with E-state index in [1.54, 1.807) is 6.20 Å². The van der Waals surface area contributed by atoms with Crippen molar-refractivity contribution in [2.75, 3.05) is 0 Å². The monoisotopic (exact) mass is 364 g/mol. The van der Waals surface area contributed by atoms with Gasteiger partial charge in [-0.2, -0.15) is 0 Å². The number of aromatic nitrogens is 3. The Bertz CT molecular complexity index is 915. The van der Waals surface area contributed by atoms with E-state index in [1.807, 2.05) is 18.3 Å². The van der Waals surface area contributed by atoms with Crippen molar-refractivity contribution < 1.29 is 4.79 Å². The van der Waals surface area contributed by atoms with E-state index in [1.165, 1.54) is 11.1 Å². The van der Waals surface area contributed by atoms with Crippen LogP contribution in [0.1, 0.15) is 55.2 Å². The number of carbonyl (C=O) groups is 1. The van der Waals surface area contributed by atoms with Crippen LogP contribution < -0.4 is 5.32 Å². The van der Waals surface area contributed by atoms with Crippen LogP contribution in [0.5, 0.6) is 0 Å². The molecule has 1 unspecified atom stereocenters. The second-order valence-electron chi connectivity index (χ2n) is 7.62. The number of aromatic amines is 1. The summed E-state index contributed by atoms with van der Waals surface area (Å²) in [4.78, 5) is 24.8. The van der Waals surface area contributed by atoms with E-state index in [2.05, 4.69) is 60.1 Å². The zero-order chi connectivity index (χ0) is 19.4. The number of amides is 1. The average molecular weight is 364 g/mol. The molecule has 0 aliphatic carbocycles. The highest BCUT2D eigenvalue weighted by molar-refractivity contribution is 5.80. The number of fused-ring (bicyclic) bond motifs is 1. The summed E-state index contributed by atoms with van der Waals surface area (Å²) >= 11 is 0. The van der Waals surface area contributed by atoms with Crippen LogP contribution in [0.2, 0.25) is 0 Å². The number of aryl methyl sites for hydroxylation is 3. The Hall–Kier alpha value is -2.69. The molecule has 0 aliphatic heterocycles. The summed E-state index contributed by atoms with van der Waals surface area (Å²) < 4.78 is 0. The Kier molecular flexibility index (Phi) is 5.89. The molecule has 1 aromatic carbocycles. The minimum Gasteiger partial charge on any atom is -0.349 e. The number of benzene rings is 1. The maximum atomic E-state index is 12.5. The Morgan fingerprint density at radius 2 is 2.04 bits per heavy atom. The highest BCUT2D eigenvalue weighted by Crippen LogP contribution is 2.22. The van der Waals surface area contributed by atoms with Crippen molar-refractivity contribution in [2.45, 2.75) is 53.0 Å². The predicted molar refractivity (Wildman–Crippen MR) is 108 cm³/mol. The smallest absolute Gasteiger partial charge is 0.220 e. The molecule has 3 aromatic rings. The lowest BCUT2D eigenvalue weighted by atomic mass is 9.98.